The van der Waals surface area contributed by atoms with E-state index < -0.39 is 0 Å². The van der Waals surface area contributed by atoms with Crippen LogP contribution in [0.1, 0.15) is 36.6 Å². The summed E-state index contributed by atoms with van der Waals surface area (Å²) < 4.78 is 0. The summed E-state index contributed by atoms with van der Waals surface area (Å²) in [5, 5.41) is 5.86. The normalized spacial score (nSPS) is 20.1. The second-order valence-electron chi connectivity index (χ2n) is 9.31. The van der Waals surface area contributed by atoms with Gasteiger partial charge in [0.25, 0.3) is 0 Å². The third kappa shape index (κ3) is 4.05. The molecule has 4 N–H and O–H groups in total. The Morgan fingerprint density at radius 3 is 3.00 bits per heavy atom. The van der Waals surface area contributed by atoms with Gasteiger partial charge in [0.05, 0.1) is 10.4 Å². The van der Waals surface area contributed by atoms with Crippen molar-refractivity contribution in [1.82, 2.24) is 20.3 Å². The first-order chi connectivity index (χ1) is 16.6. The number of nitrogens with two attached hydrogens (primary N) is 1. The van der Waals surface area contributed by atoms with Crippen LogP contribution in [0.15, 0.2) is 45.5 Å². The molecule has 34 heavy (non-hydrogen) atoms. The molecule has 4 heterocycles. The van der Waals surface area contributed by atoms with Crippen molar-refractivity contribution < 1.29 is 0 Å². The van der Waals surface area contributed by atoms with Crippen LogP contribution >= 0.6 is 23.4 Å². The predicted molar refractivity (Wildman–Crippen MR) is 141 cm³/mol. The molecule has 6 nitrogen and oxygen atoms in total. The van der Waals surface area contributed by atoms with Crippen molar-refractivity contribution in [3.05, 3.63) is 57.3 Å². The second-order valence-corrected chi connectivity index (χ2v) is 10.7. The van der Waals surface area contributed by atoms with Crippen LogP contribution in [0.2, 0.25) is 5.02 Å². The highest BCUT2D eigenvalue weighted by Crippen LogP contribution is 2.38. The summed E-state index contributed by atoms with van der Waals surface area (Å²) in [4.78, 5) is 16.7. The maximum Gasteiger partial charge on any atom is 0.196 e. The number of anilines is 1. The molecule has 0 bridgehead atoms. The van der Waals surface area contributed by atoms with Crippen LogP contribution in [0, 0.1) is 0 Å². The predicted octanol–water partition coefficient (Wildman–Crippen LogP) is 4.72. The van der Waals surface area contributed by atoms with E-state index in [0.717, 1.165) is 89.5 Å². The molecule has 0 radical (unpaired) electrons. The van der Waals surface area contributed by atoms with Crippen LogP contribution < -0.4 is 16.0 Å². The molecule has 0 unspecified atom stereocenters. The van der Waals surface area contributed by atoms with E-state index in [0.29, 0.717) is 0 Å². The van der Waals surface area contributed by atoms with Crippen LogP contribution in [-0.2, 0) is 12.8 Å². The van der Waals surface area contributed by atoms with Crippen LogP contribution in [0.3, 0.4) is 0 Å². The fraction of sp³-hybridized carbons (Fsp3) is 0.385. The quantitative estimate of drug-likeness (QED) is 0.457. The van der Waals surface area contributed by atoms with E-state index in [2.05, 4.69) is 52.5 Å². The number of fused-ring (bicyclic) bond motifs is 3. The Morgan fingerprint density at radius 1 is 1.26 bits per heavy atom. The monoisotopic (exact) mass is 492 g/mol. The first-order valence-electron chi connectivity index (χ1n) is 12.1. The van der Waals surface area contributed by atoms with Gasteiger partial charge in [-0.2, -0.15) is 0 Å². The second kappa shape index (κ2) is 9.04. The third-order valence-electron chi connectivity index (χ3n) is 7.02. The Labute approximate surface area is 209 Å². The number of hydrogen-bond acceptors (Lipinski definition) is 6. The molecule has 176 valence electrons. The highest BCUT2D eigenvalue weighted by molar-refractivity contribution is 7.99. The van der Waals surface area contributed by atoms with E-state index in [1.165, 1.54) is 22.3 Å². The van der Waals surface area contributed by atoms with E-state index >= 15 is 0 Å². The zero-order chi connectivity index (χ0) is 23.2. The topological polar surface area (TPSA) is 82.9 Å². The van der Waals surface area contributed by atoms with Gasteiger partial charge in [0.15, 0.2) is 5.16 Å². The number of allylic oxidation sites excluding steroid dienone is 1. The number of nitrogens with zero attached hydrogens (tertiary/aromatic N) is 3. The summed E-state index contributed by atoms with van der Waals surface area (Å²) in [6.45, 7) is 5.79. The Bertz CT molecular complexity index is 1330. The number of hydrogen-bond donors (Lipinski definition) is 3. The maximum atomic E-state index is 6.75. The number of halogens is 1. The SMILES string of the molecule is CCc1[nH]c2nc(Sc3ccc4c(c3)CC=C3CCNCC3=C4)nc(N3CC[C@@H](N)C3)c2c1Cl. The summed E-state index contributed by atoms with van der Waals surface area (Å²) in [7, 11) is 0. The minimum atomic E-state index is 0.163. The number of benzene rings is 1. The number of rotatable bonds is 4. The minimum absolute atomic E-state index is 0.163. The molecule has 3 aromatic rings. The fourth-order valence-electron chi connectivity index (χ4n) is 5.15. The highest BCUT2D eigenvalue weighted by Gasteiger charge is 2.26. The summed E-state index contributed by atoms with van der Waals surface area (Å²) >= 11 is 8.35. The van der Waals surface area contributed by atoms with Gasteiger partial charge in [0.2, 0.25) is 0 Å². The van der Waals surface area contributed by atoms with Gasteiger partial charge in [0.1, 0.15) is 11.5 Å². The molecule has 3 aliphatic rings. The lowest BCUT2D eigenvalue weighted by molar-refractivity contribution is 0.684. The zero-order valence-corrected chi connectivity index (χ0v) is 20.9. The van der Waals surface area contributed by atoms with Crippen LogP contribution in [0.4, 0.5) is 5.82 Å². The number of nitrogens with one attached hydrogen (secondary N) is 2. The lowest BCUT2D eigenvalue weighted by Crippen LogP contribution is -2.27. The number of aromatic amines is 1. The van der Waals surface area contributed by atoms with Gasteiger partial charge in [-0.25, -0.2) is 9.97 Å². The van der Waals surface area contributed by atoms with Gasteiger partial charge in [-0.3, -0.25) is 0 Å². The van der Waals surface area contributed by atoms with Crippen molar-refractivity contribution in [2.24, 2.45) is 5.73 Å². The van der Waals surface area contributed by atoms with Gasteiger partial charge in [-0.1, -0.05) is 30.7 Å². The first-order valence-corrected chi connectivity index (χ1v) is 13.3. The van der Waals surface area contributed by atoms with E-state index in [9.17, 15) is 0 Å². The van der Waals surface area contributed by atoms with Crippen LogP contribution in [0.5, 0.6) is 0 Å². The summed E-state index contributed by atoms with van der Waals surface area (Å²) in [6, 6.07) is 6.86. The van der Waals surface area contributed by atoms with Gasteiger partial charge < -0.3 is 20.9 Å². The molecule has 2 fully saturated rings. The van der Waals surface area contributed by atoms with E-state index in [1.54, 1.807) is 11.8 Å². The number of H-pyrrole nitrogens is 1. The first kappa shape index (κ1) is 22.2. The summed E-state index contributed by atoms with van der Waals surface area (Å²) in [5.41, 5.74) is 13.6. The Hall–Kier alpha value is -2.32. The van der Waals surface area contributed by atoms with Gasteiger partial charge in [-0.15, -0.1) is 0 Å². The average molecular weight is 493 g/mol. The van der Waals surface area contributed by atoms with Crippen LogP contribution in [-0.4, -0.2) is 47.2 Å². The lowest BCUT2D eigenvalue weighted by Gasteiger charge is -2.19. The molecule has 1 aromatic carbocycles. The minimum Gasteiger partial charge on any atom is -0.354 e. The number of aryl methyl sites for hydroxylation is 1. The lowest BCUT2D eigenvalue weighted by atomic mass is 9.98. The van der Waals surface area contributed by atoms with E-state index in [-0.39, 0.29) is 6.04 Å². The standard InChI is InChI=1S/C26H29ClN6S/c1-2-21-23(27)22-24(30-21)31-26(32-25(22)33-10-8-19(28)14-33)34-20-6-5-16-11-18-13-29-9-7-15(18)3-4-17(16)12-20/h3,5-6,11-12,19,29H,2,4,7-10,13-14,28H2,1H3,(H,30,31,32)/t19-/m1/s1. The van der Waals surface area contributed by atoms with Crippen molar-refractivity contribution in [3.8, 4) is 0 Å². The van der Waals surface area contributed by atoms with Gasteiger partial charge in [0, 0.05) is 36.3 Å². The van der Waals surface area contributed by atoms with Gasteiger partial charge >= 0.3 is 0 Å². The molecular formula is C26H29ClN6S. The molecule has 6 rings (SSSR count). The van der Waals surface area contributed by atoms with E-state index in [4.69, 9.17) is 27.3 Å². The van der Waals surface area contributed by atoms with Crippen molar-refractivity contribution in [1.29, 1.82) is 0 Å². The molecule has 0 spiro atoms. The molecule has 0 amide bonds. The Balaban J connectivity index is 1.36. The molecule has 1 atom stereocenters. The van der Waals surface area contributed by atoms with Crippen molar-refractivity contribution >= 4 is 46.3 Å². The smallest absolute Gasteiger partial charge is 0.196 e. The van der Waals surface area contributed by atoms with Crippen molar-refractivity contribution in [2.75, 3.05) is 31.1 Å². The summed E-state index contributed by atoms with van der Waals surface area (Å²) in [5.74, 6) is 0.891. The average Bonchev–Trinajstić information content (AvgIpc) is 3.36. The maximum absolute atomic E-state index is 6.75. The molecule has 1 aliphatic carbocycles. The van der Waals surface area contributed by atoms with Gasteiger partial charge in [-0.05, 0) is 84.5 Å². The Morgan fingerprint density at radius 2 is 2.18 bits per heavy atom. The molecule has 0 saturated carbocycles. The third-order valence-corrected chi connectivity index (χ3v) is 8.29. The van der Waals surface area contributed by atoms with Crippen molar-refractivity contribution in [3.63, 3.8) is 0 Å². The zero-order valence-electron chi connectivity index (χ0n) is 19.3. The van der Waals surface area contributed by atoms with Crippen molar-refractivity contribution in [2.45, 2.75) is 48.7 Å². The Kier molecular flexibility index (Phi) is 5.89. The fourth-order valence-corrected chi connectivity index (χ4v) is 6.33. The summed E-state index contributed by atoms with van der Waals surface area (Å²) in [6.07, 6.45) is 8.60. The van der Waals surface area contributed by atoms with E-state index in [1.807, 2.05) is 0 Å². The number of aromatic nitrogens is 3. The number of piperidine rings is 1. The molecule has 8 heteroatoms. The molecule has 2 saturated heterocycles. The molecular weight excluding hydrogens is 464 g/mol. The highest BCUT2D eigenvalue weighted by atomic mass is 35.5. The largest absolute Gasteiger partial charge is 0.354 e. The molecule has 2 aliphatic heterocycles. The van der Waals surface area contributed by atoms with Crippen LogP contribution in [0.25, 0.3) is 17.1 Å². The molecule has 2 aromatic heterocycles.